The number of nitrogens with zero attached hydrogens (tertiary/aromatic N) is 4. The summed E-state index contributed by atoms with van der Waals surface area (Å²) in [5.41, 5.74) is -0.361. The molecule has 1 aliphatic rings. The third-order valence-corrected chi connectivity index (χ3v) is 4.92. The normalized spacial score (nSPS) is 14.7. The lowest BCUT2D eigenvalue weighted by Gasteiger charge is -2.35. The van der Waals surface area contributed by atoms with E-state index in [1.54, 1.807) is 18.7 Å². The van der Waals surface area contributed by atoms with Crippen LogP contribution in [0.1, 0.15) is 27.4 Å². The van der Waals surface area contributed by atoms with Crippen molar-refractivity contribution in [3.05, 3.63) is 39.9 Å². The Morgan fingerprint density at radius 1 is 1.23 bits per heavy atom. The van der Waals surface area contributed by atoms with Gasteiger partial charge in [-0.2, -0.15) is 13.2 Å². The van der Waals surface area contributed by atoms with E-state index in [4.69, 9.17) is 20.9 Å². The number of aryl methyl sites for hydroxylation is 2. The molecule has 0 radical (unpaired) electrons. The van der Waals surface area contributed by atoms with Crippen LogP contribution in [0.2, 0.25) is 5.02 Å². The number of aromatic nitrogens is 2. The Kier molecular flexibility index (Phi) is 6.20. The maximum absolute atomic E-state index is 12.7. The minimum atomic E-state index is -4.53. The molecule has 2 aromatic heterocycles. The summed E-state index contributed by atoms with van der Waals surface area (Å²) >= 11 is 5.97. The minimum Gasteiger partial charge on any atom is -0.452 e. The number of piperazine rings is 1. The topological polar surface area (TPSA) is 88.8 Å². The fourth-order valence-electron chi connectivity index (χ4n) is 3.05. The molecule has 0 spiro atoms. The van der Waals surface area contributed by atoms with Gasteiger partial charge in [-0.15, -0.1) is 0 Å². The Hall–Kier alpha value is -2.82. The Morgan fingerprint density at radius 2 is 1.90 bits per heavy atom. The van der Waals surface area contributed by atoms with E-state index >= 15 is 0 Å². The molecule has 0 aliphatic carbocycles. The van der Waals surface area contributed by atoms with Crippen LogP contribution in [0.3, 0.4) is 0 Å². The van der Waals surface area contributed by atoms with Crippen molar-refractivity contribution < 1.29 is 32.0 Å². The van der Waals surface area contributed by atoms with E-state index in [2.05, 4.69) is 10.1 Å². The maximum Gasteiger partial charge on any atom is 0.417 e. The first-order valence-electron chi connectivity index (χ1n) is 8.93. The molecule has 1 saturated heterocycles. The molecule has 0 unspecified atom stereocenters. The molecule has 0 atom stereocenters. The average Bonchev–Trinajstić information content (AvgIpc) is 3.03. The van der Waals surface area contributed by atoms with Crippen molar-refractivity contribution in [2.24, 2.45) is 0 Å². The largest absolute Gasteiger partial charge is 0.452 e. The number of hydrogen-bond acceptors (Lipinski definition) is 7. The summed E-state index contributed by atoms with van der Waals surface area (Å²) in [4.78, 5) is 31.5. The van der Waals surface area contributed by atoms with E-state index in [9.17, 15) is 22.8 Å². The molecule has 0 N–H and O–H groups in total. The molecule has 0 aromatic carbocycles. The number of carbonyl (C=O) groups is 2. The fraction of sp³-hybridized carbons (Fsp3) is 0.444. The predicted octanol–water partition coefficient (Wildman–Crippen LogP) is 2.86. The zero-order valence-electron chi connectivity index (χ0n) is 16.1. The summed E-state index contributed by atoms with van der Waals surface area (Å²) in [6.07, 6.45) is -3.80. The van der Waals surface area contributed by atoms with Crippen LogP contribution >= 0.6 is 11.6 Å². The smallest absolute Gasteiger partial charge is 0.417 e. The molecule has 3 heterocycles. The molecule has 1 fully saturated rings. The molecule has 1 amide bonds. The highest BCUT2D eigenvalue weighted by Crippen LogP contribution is 2.33. The van der Waals surface area contributed by atoms with Crippen molar-refractivity contribution >= 4 is 29.3 Å². The summed E-state index contributed by atoms with van der Waals surface area (Å²) in [5.74, 6) is -0.554. The number of alkyl halides is 3. The second-order valence-electron chi connectivity index (χ2n) is 6.67. The van der Waals surface area contributed by atoms with Gasteiger partial charge in [-0.3, -0.25) is 4.79 Å². The predicted molar refractivity (Wildman–Crippen MR) is 99.3 cm³/mol. The zero-order valence-corrected chi connectivity index (χ0v) is 16.9. The Labute approximate surface area is 174 Å². The van der Waals surface area contributed by atoms with Crippen LogP contribution in [0.5, 0.6) is 0 Å². The molecule has 162 valence electrons. The fourth-order valence-corrected chi connectivity index (χ4v) is 3.34. The van der Waals surface area contributed by atoms with Gasteiger partial charge < -0.3 is 19.1 Å². The summed E-state index contributed by atoms with van der Waals surface area (Å²) < 4.78 is 48.2. The molecule has 12 heteroatoms. The second kappa shape index (κ2) is 8.50. The molecule has 30 heavy (non-hydrogen) atoms. The summed E-state index contributed by atoms with van der Waals surface area (Å²) in [5, 5.41) is 3.55. The second-order valence-corrected chi connectivity index (χ2v) is 7.08. The van der Waals surface area contributed by atoms with E-state index in [-0.39, 0.29) is 35.4 Å². The molecule has 1 aliphatic heterocycles. The van der Waals surface area contributed by atoms with Crippen LogP contribution in [0.15, 0.2) is 16.8 Å². The number of anilines is 1. The first-order chi connectivity index (χ1) is 14.1. The van der Waals surface area contributed by atoms with Gasteiger partial charge in [0.25, 0.3) is 5.91 Å². The van der Waals surface area contributed by atoms with Crippen LogP contribution in [0.4, 0.5) is 19.0 Å². The van der Waals surface area contributed by atoms with Crippen molar-refractivity contribution in [1.82, 2.24) is 15.0 Å². The SMILES string of the molecule is Cc1noc(C)c1C(=O)OCC(=O)N1CCN(c2ncc(C(F)(F)F)cc2Cl)CC1. The lowest BCUT2D eigenvalue weighted by molar-refractivity contribution is -0.138. The van der Waals surface area contributed by atoms with Gasteiger partial charge in [-0.1, -0.05) is 16.8 Å². The first-order valence-corrected chi connectivity index (χ1v) is 9.31. The minimum absolute atomic E-state index is 0.113. The highest BCUT2D eigenvalue weighted by molar-refractivity contribution is 6.33. The van der Waals surface area contributed by atoms with Gasteiger partial charge in [0.1, 0.15) is 17.1 Å². The number of hydrogen-bond donors (Lipinski definition) is 0. The van der Waals surface area contributed by atoms with Crippen molar-refractivity contribution in [3.8, 4) is 0 Å². The third kappa shape index (κ3) is 4.66. The van der Waals surface area contributed by atoms with E-state index in [0.717, 1.165) is 12.3 Å². The number of carbonyl (C=O) groups excluding carboxylic acids is 2. The van der Waals surface area contributed by atoms with Crippen molar-refractivity contribution in [2.75, 3.05) is 37.7 Å². The van der Waals surface area contributed by atoms with E-state index in [0.29, 0.717) is 24.5 Å². The quantitative estimate of drug-likeness (QED) is 0.667. The molecule has 0 bridgehead atoms. The number of ether oxygens (including phenoxy) is 1. The highest BCUT2D eigenvalue weighted by Gasteiger charge is 2.32. The Morgan fingerprint density at radius 3 is 2.43 bits per heavy atom. The van der Waals surface area contributed by atoms with E-state index < -0.39 is 24.3 Å². The average molecular weight is 447 g/mol. The maximum atomic E-state index is 12.7. The number of rotatable bonds is 4. The van der Waals surface area contributed by atoms with Gasteiger partial charge in [0.05, 0.1) is 16.3 Å². The Bertz CT molecular complexity index is 936. The number of esters is 1. The van der Waals surface area contributed by atoms with Crippen molar-refractivity contribution in [3.63, 3.8) is 0 Å². The lowest BCUT2D eigenvalue weighted by atomic mass is 10.2. The number of halogens is 4. The lowest BCUT2D eigenvalue weighted by Crippen LogP contribution is -2.50. The molecule has 2 aromatic rings. The molecule has 3 rings (SSSR count). The molecular weight excluding hydrogens is 429 g/mol. The number of pyridine rings is 1. The molecule has 0 saturated carbocycles. The Balaban J connectivity index is 1.54. The van der Waals surface area contributed by atoms with Crippen LogP contribution in [-0.4, -0.2) is 59.7 Å². The van der Waals surface area contributed by atoms with Gasteiger partial charge in [-0.25, -0.2) is 9.78 Å². The first kappa shape index (κ1) is 21.9. The molecule has 8 nitrogen and oxygen atoms in total. The summed E-state index contributed by atoms with van der Waals surface area (Å²) in [6, 6.07) is 0.829. The van der Waals surface area contributed by atoms with Gasteiger partial charge in [-0.05, 0) is 19.9 Å². The highest BCUT2D eigenvalue weighted by atomic mass is 35.5. The summed E-state index contributed by atoms with van der Waals surface area (Å²) in [7, 11) is 0. The molecular formula is C18H18ClF3N4O4. The van der Waals surface area contributed by atoms with Crippen LogP contribution in [0.25, 0.3) is 0 Å². The van der Waals surface area contributed by atoms with Gasteiger partial charge in [0.2, 0.25) is 0 Å². The van der Waals surface area contributed by atoms with Crippen LogP contribution in [0, 0.1) is 13.8 Å². The van der Waals surface area contributed by atoms with Gasteiger partial charge in [0, 0.05) is 32.4 Å². The third-order valence-electron chi connectivity index (χ3n) is 4.65. The monoisotopic (exact) mass is 446 g/mol. The van der Waals surface area contributed by atoms with Crippen LogP contribution < -0.4 is 4.90 Å². The van der Waals surface area contributed by atoms with Gasteiger partial charge in [0.15, 0.2) is 6.61 Å². The van der Waals surface area contributed by atoms with Crippen LogP contribution in [-0.2, 0) is 15.7 Å². The zero-order chi connectivity index (χ0) is 22.1. The van der Waals surface area contributed by atoms with Crippen molar-refractivity contribution in [2.45, 2.75) is 20.0 Å². The van der Waals surface area contributed by atoms with E-state index in [1.807, 2.05) is 0 Å². The standard InChI is InChI=1S/C18H18ClF3N4O4/c1-10-15(11(2)30-24-10)17(28)29-9-14(27)25-3-5-26(6-4-25)16-13(19)7-12(8-23-16)18(20,21)22/h7-8H,3-6,9H2,1-2H3. The number of amides is 1. The van der Waals surface area contributed by atoms with E-state index in [1.165, 1.54) is 4.90 Å². The van der Waals surface area contributed by atoms with Gasteiger partial charge >= 0.3 is 12.1 Å². The van der Waals surface area contributed by atoms with Crippen molar-refractivity contribution in [1.29, 1.82) is 0 Å². The summed E-state index contributed by atoms with van der Waals surface area (Å²) in [6.45, 7) is 3.92.